The molecule has 108 valence electrons. The standard InChI is InChI=1S/C15H11BrClNO3/c1-8-2-3-9(16)6-11(8)14(19)18-13-5-4-10(17)7-12(13)15(20)21/h2-7H,1H3,(H,18,19)(H,20,21). The number of rotatable bonds is 3. The van der Waals surface area contributed by atoms with Crippen molar-refractivity contribution >= 4 is 45.1 Å². The number of carbonyl (C=O) groups is 2. The number of anilines is 1. The molecule has 0 saturated carbocycles. The number of aryl methyl sites for hydroxylation is 1. The molecule has 2 rings (SSSR count). The van der Waals surface area contributed by atoms with E-state index in [4.69, 9.17) is 16.7 Å². The largest absolute Gasteiger partial charge is 0.478 e. The van der Waals surface area contributed by atoms with Gasteiger partial charge < -0.3 is 10.4 Å². The molecule has 21 heavy (non-hydrogen) atoms. The summed E-state index contributed by atoms with van der Waals surface area (Å²) in [6.45, 7) is 1.81. The van der Waals surface area contributed by atoms with Crippen LogP contribution in [0.1, 0.15) is 26.3 Å². The van der Waals surface area contributed by atoms with E-state index in [0.29, 0.717) is 10.6 Å². The van der Waals surface area contributed by atoms with E-state index in [0.717, 1.165) is 10.0 Å². The Morgan fingerprint density at radius 1 is 1.14 bits per heavy atom. The molecular formula is C15H11BrClNO3. The van der Waals surface area contributed by atoms with Crippen molar-refractivity contribution in [2.75, 3.05) is 5.32 Å². The minimum atomic E-state index is -1.15. The third kappa shape index (κ3) is 3.62. The first-order valence-corrected chi connectivity index (χ1v) is 7.16. The van der Waals surface area contributed by atoms with Crippen molar-refractivity contribution in [2.45, 2.75) is 6.92 Å². The van der Waals surface area contributed by atoms with Gasteiger partial charge in [0.1, 0.15) is 0 Å². The van der Waals surface area contributed by atoms with E-state index in [1.807, 2.05) is 6.07 Å². The summed E-state index contributed by atoms with van der Waals surface area (Å²) in [7, 11) is 0. The molecule has 0 bridgehead atoms. The molecule has 0 aromatic heterocycles. The Hall–Kier alpha value is -1.85. The molecule has 6 heteroatoms. The minimum absolute atomic E-state index is 0.0523. The molecule has 4 nitrogen and oxygen atoms in total. The first kappa shape index (κ1) is 15.5. The molecule has 1 amide bonds. The van der Waals surface area contributed by atoms with E-state index < -0.39 is 5.97 Å². The van der Waals surface area contributed by atoms with Crippen LogP contribution in [0.5, 0.6) is 0 Å². The second-order valence-corrected chi connectivity index (χ2v) is 5.76. The van der Waals surface area contributed by atoms with Gasteiger partial charge in [0.25, 0.3) is 5.91 Å². The highest BCUT2D eigenvalue weighted by Crippen LogP contribution is 2.23. The average Bonchev–Trinajstić information content (AvgIpc) is 2.43. The van der Waals surface area contributed by atoms with Crippen molar-refractivity contribution < 1.29 is 14.7 Å². The molecule has 0 fully saturated rings. The van der Waals surface area contributed by atoms with E-state index in [1.165, 1.54) is 18.2 Å². The van der Waals surface area contributed by atoms with E-state index in [2.05, 4.69) is 21.2 Å². The summed E-state index contributed by atoms with van der Waals surface area (Å²) in [6.07, 6.45) is 0. The molecule has 0 saturated heterocycles. The second kappa shape index (κ2) is 6.28. The molecule has 2 aromatic carbocycles. The fourth-order valence-electron chi connectivity index (χ4n) is 1.83. The zero-order valence-electron chi connectivity index (χ0n) is 11.0. The van der Waals surface area contributed by atoms with Crippen LogP contribution in [0.4, 0.5) is 5.69 Å². The van der Waals surface area contributed by atoms with Crippen LogP contribution in [0, 0.1) is 6.92 Å². The maximum Gasteiger partial charge on any atom is 0.337 e. The summed E-state index contributed by atoms with van der Waals surface area (Å²) in [4.78, 5) is 23.5. The van der Waals surface area contributed by atoms with Gasteiger partial charge in [-0.1, -0.05) is 33.6 Å². The van der Waals surface area contributed by atoms with Crippen LogP contribution in [0.25, 0.3) is 0 Å². The lowest BCUT2D eigenvalue weighted by Gasteiger charge is -2.10. The van der Waals surface area contributed by atoms with Gasteiger partial charge >= 0.3 is 5.97 Å². The fraction of sp³-hybridized carbons (Fsp3) is 0.0667. The number of carboxylic acid groups (broad SMARTS) is 1. The van der Waals surface area contributed by atoms with Crippen molar-refractivity contribution in [3.05, 3.63) is 62.6 Å². The van der Waals surface area contributed by atoms with Gasteiger partial charge in [-0.3, -0.25) is 4.79 Å². The third-order valence-electron chi connectivity index (χ3n) is 2.90. The zero-order chi connectivity index (χ0) is 15.6. The SMILES string of the molecule is Cc1ccc(Br)cc1C(=O)Nc1ccc(Cl)cc1C(=O)O. The maximum atomic E-state index is 12.3. The predicted octanol–water partition coefficient (Wildman–Crippen LogP) is 4.36. The summed E-state index contributed by atoms with van der Waals surface area (Å²) < 4.78 is 0.771. The number of amides is 1. The van der Waals surface area contributed by atoms with E-state index in [-0.39, 0.29) is 17.2 Å². The summed E-state index contributed by atoms with van der Waals surface area (Å²) in [5.41, 5.74) is 1.41. The number of aromatic carboxylic acids is 1. The molecule has 0 radical (unpaired) electrons. The van der Waals surface area contributed by atoms with Crippen molar-refractivity contribution in [3.8, 4) is 0 Å². The number of hydrogen-bond donors (Lipinski definition) is 2. The molecule has 0 atom stereocenters. The first-order valence-electron chi connectivity index (χ1n) is 5.99. The van der Waals surface area contributed by atoms with Crippen molar-refractivity contribution in [3.63, 3.8) is 0 Å². The molecule has 0 aliphatic heterocycles. The minimum Gasteiger partial charge on any atom is -0.478 e. The Bertz CT molecular complexity index is 731. The fourth-order valence-corrected chi connectivity index (χ4v) is 2.36. The molecule has 0 aliphatic rings. The van der Waals surface area contributed by atoms with Crippen molar-refractivity contribution in [1.29, 1.82) is 0 Å². The van der Waals surface area contributed by atoms with E-state index in [9.17, 15) is 9.59 Å². The summed E-state index contributed by atoms with van der Waals surface area (Å²) in [5.74, 6) is -1.53. The highest BCUT2D eigenvalue weighted by atomic mass is 79.9. The van der Waals surface area contributed by atoms with Crippen LogP contribution >= 0.6 is 27.5 Å². The average molecular weight is 369 g/mol. The number of carbonyl (C=O) groups excluding carboxylic acids is 1. The van der Waals surface area contributed by atoms with Crippen molar-refractivity contribution in [1.82, 2.24) is 0 Å². The zero-order valence-corrected chi connectivity index (χ0v) is 13.3. The van der Waals surface area contributed by atoms with E-state index >= 15 is 0 Å². The topological polar surface area (TPSA) is 66.4 Å². The Morgan fingerprint density at radius 3 is 2.52 bits per heavy atom. The molecule has 2 N–H and O–H groups in total. The molecule has 2 aromatic rings. The molecule has 0 unspecified atom stereocenters. The van der Waals surface area contributed by atoms with Gasteiger partial charge in [0, 0.05) is 15.1 Å². The Morgan fingerprint density at radius 2 is 1.86 bits per heavy atom. The van der Waals surface area contributed by atoms with Gasteiger partial charge in [-0.05, 0) is 42.8 Å². The number of carboxylic acids is 1. The summed E-state index contributed by atoms with van der Waals surface area (Å²) in [6, 6.07) is 9.61. The van der Waals surface area contributed by atoms with Crippen LogP contribution in [0.2, 0.25) is 5.02 Å². The summed E-state index contributed by atoms with van der Waals surface area (Å²) in [5, 5.41) is 12.1. The van der Waals surface area contributed by atoms with Crippen molar-refractivity contribution in [2.24, 2.45) is 0 Å². The molecule has 0 spiro atoms. The van der Waals surface area contributed by atoms with Crippen LogP contribution in [-0.4, -0.2) is 17.0 Å². The van der Waals surface area contributed by atoms with Gasteiger partial charge in [-0.15, -0.1) is 0 Å². The number of nitrogens with one attached hydrogen (secondary N) is 1. The number of halogens is 2. The quantitative estimate of drug-likeness (QED) is 0.846. The van der Waals surface area contributed by atoms with Gasteiger partial charge in [-0.25, -0.2) is 4.79 Å². The Balaban J connectivity index is 2.36. The van der Waals surface area contributed by atoms with Gasteiger partial charge in [0.2, 0.25) is 0 Å². The molecule has 0 aliphatic carbocycles. The lowest BCUT2D eigenvalue weighted by molar-refractivity contribution is 0.0698. The van der Waals surface area contributed by atoms with Crippen LogP contribution in [0.15, 0.2) is 40.9 Å². The monoisotopic (exact) mass is 367 g/mol. The summed E-state index contributed by atoms with van der Waals surface area (Å²) >= 11 is 9.08. The normalized spacial score (nSPS) is 10.2. The number of benzene rings is 2. The molecular weight excluding hydrogens is 358 g/mol. The van der Waals surface area contributed by atoms with Crippen LogP contribution < -0.4 is 5.32 Å². The lowest BCUT2D eigenvalue weighted by atomic mass is 10.1. The third-order valence-corrected chi connectivity index (χ3v) is 3.63. The maximum absolute atomic E-state index is 12.3. The van der Waals surface area contributed by atoms with Gasteiger partial charge in [-0.2, -0.15) is 0 Å². The van der Waals surface area contributed by atoms with Crippen LogP contribution in [-0.2, 0) is 0 Å². The highest BCUT2D eigenvalue weighted by molar-refractivity contribution is 9.10. The predicted molar refractivity (Wildman–Crippen MR) is 85.2 cm³/mol. The number of hydrogen-bond acceptors (Lipinski definition) is 2. The Kier molecular flexibility index (Phi) is 4.65. The second-order valence-electron chi connectivity index (χ2n) is 4.41. The highest BCUT2D eigenvalue weighted by Gasteiger charge is 2.15. The Labute approximate surface area is 134 Å². The first-order chi connectivity index (χ1) is 9.88. The molecule has 0 heterocycles. The smallest absolute Gasteiger partial charge is 0.337 e. The van der Waals surface area contributed by atoms with E-state index in [1.54, 1.807) is 19.1 Å². The van der Waals surface area contributed by atoms with Crippen LogP contribution in [0.3, 0.4) is 0 Å². The van der Waals surface area contributed by atoms with Gasteiger partial charge in [0.15, 0.2) is 0 Å². The van der Waals surface area contributed by atoms with Gasteiger partial charge in [0.05, 0.1) is 11.3 Å². The lowest BCUT2D eigenvalue weighted by Crippen LogP contribution is -2.16.